The molecule has 0 saturated heterocycles. The number of benzene rings is 1. The number of fused-ring (bicyclic) bond motifs is 1. The van der Waals surface area contributed by atoms with Crippen LogP contribution in [-0.4, -0.2) is 9.55 Å². The van der Waals surface area contributed by atoms with Crippen molar-refractivity contribution in [3.05, 3.63) is 28.8 Å². The highest BCUT2D eigenvalue weighted by molar-refractivity contribution is 6.31. The van der Waals surface area contributed by atoms with E-state index in [9.17, 15) is 4.39 Å². The Bertz CT molecular complexity index is 603. The molecule has 1 aromatic carbocycles. The molecule has 3 rings (SSSR count). The molecule has 0 bridgehead atoms. The van der Waals surface area contributed by atoms with Gasteiger partial charge < -0.3 is 4.57 Å². The molecule has 1 aliphatic carbocycles. The van der Waals surface area contributed by atoms with Gasteiger partial charge in [-0.25, -0.2) is 9.37 Å². The minimum absolute atomic E-state index is 0.104. The molecule has 0 spiro atoms. The average molecular weight is 287 g/mol. The third-order valence-electron chi connectivity index (χ3n) is 3.31. The highest BCUT2D eigenvalue weighted by Crippen LogP contribution is 2.35. The summed E-state index contributed by atoms with van der Waals surface area (Å²) in [5.74, 6) is 1.06. The summed E-state index contributed by atoms with van der Waals surface area (Å²) in [6.07, 6.45) is 2.46. The van der Waals surface area contributed by atoms with Crippen LogP contribution in [0.15, 0.2) is 12.1 Å². The normalized spacial score (nSPS) is 17.3. The maximum Gasteiger partial charge on any atom is 0.144 e. The fourth-order valence-corrected chi connectivity index (χ4v) is 2.52. The molecule has 2 nitrogen and oxygen atoms in total. The SMILES string of the molecule is CC(Cl)c1nc2cc(Cl)c(F)cc2n1CC1CC1. The highest BCUT2D eigenvalue weighted by atomic mass is 35.5. The lowest BCUT2D eigenvalue weighted by atomic mass is 10.3. The van der Waals surface area contributed by atoms with E-state index in [0.717, 1.165) is 17.9 Å². The van der Waals surface area contributed by atoms with E-state index in [2.05, 4.69) is 4.98 Å². The Hall–Kier alpha value is -0.800. The van der Waals surface area contributed by atoms with Crippen molar-refractivity contribution < 1.29 is 4.39 Å². The van der Waals surface area contributed by atoms with Crippen molar-refractivity contribution in [3.8, 4) is 0 Å². The standard InChI is InChI=1S/C13H13Cl2FN2/c1-7(14)13-17-11-4-9(15)10(16)5-12(11)18(13)6-8-2-3-8/h4-5,7-8H,2-3,6H2,1H3. The van der Waals surface area contributed by atoms with E-state index in [1.54, 1.807) is 6.07 Å². The van der Waals surface area contributed by atoms with E-state index < -0.39 is 5.82 Å². The van der Waals surface area contributed by atoms with E-state index in [4.69, 9.17) is 23.2 Å². The first kappa shape index (κ1) is 12.2. The summed E-state index contributed by atoms with van der Waals surface area (Å²) in [4.78, 5) is 4.47. The van der Waals surface area contributed by atoms with Gasteiger partial charge >= 0.3 is 0 Å². The summed E-state index contributed by atoms with van der Waals surface area (Å²) in [6, 6.07) is 3.02. The Kier molecular flexibility index (Phi) is 2.99. The Morgan fingerprint density at radius 2 is 2.22 bits per heavy atom. The van der Waals surface area contributed by atoms with E-state index >= 15 is 0 Å². The monoisotopic (exact) mass is 286 g/mol. The number of imidazole rings is 1. The van der Waals surface area contributed by atoms with Crippen molar-refractivity contribution in [1.82, 2.24) is 9.55 Å². The lowest BCUT2D eigenvalue weighted by Gasteiger charge is -2.09. The predicted molar refractivity (Wildman–Crippen MR) is 71.7 cm³/mol. The maximum atomic E-state index is 13.6. The van der Waals surface area contributed by atoms with Crippen LogP contribution in [0, 0.1) is 11.7 Å². The summed E-state index contributed by atoms with van der Waals surface area (Å²) in [5.41, 5.74) is 1.50. The first-order valence-electron chi connectivity index (χ1n) is 6.05. The van der Waals surface area contributed by atoms with E-state index in [1.165, 1.54) is 18.9 Å². The Labute approximate surface area is 115 Å². The number of aromatic nitrogens is 2. The van der Waals surface area contributed by atoms with Crippen molar-refractivity contribution >= 4 is 34.2 Å². The van der Waals surface area contributed by atoms with Gasteiger partial charge in [0.1, 0.15) is 11.6 Å². The number of hydrogen-bond donors (Lipinski definition) is 0. The van der Waals surface area contributed by atoms with Crippen LogP contribution in [0.25, 0.3) is 11.0 Å². The highest BCUT2D eigenvalue weighted by Gasteiger charge is 2.25. The number of rotatable bonds is 3. The van der Waals surface area contributed by atoms with Crippen molar-refractivity contribution in [2.75, 3.05) is 0 Å². The average Bonchev–Trinajstić information content (AvgIpc) is 3.05. The summed E-state index contributed by atoms with van der Waals surface area (Å²) >= 11 is 11.9. The second-order valence-electron chi connectivity index (χ2n) is 4.90. The second-order valence-corrected chi connectivity index (χ2v) is 5.96. The zero-order chi connectivity index (χ0) is 12.9. The minimum atomic E-state index is -0.408. The summed E-state index contributed by atoms with van der Waals surface area (Å²) in [5, 5.41) is -0.0923. The summed E-state index contributed by atoms with van der Waals surface area (Å²) < 4.78 is 15.6. The molecule has 1 atom stereocenters. The zero-order valence-electron chi connectivity index (χ0n) is 9.96. The van der Waals surface area contributed by atoms with Gasteiger partial charge in [-0.1, -0.05) is 11.6 Å². The van der Waals surface area contributed by atoms with Crippen LogP contribution in [0.2, 0.25) is 5.02 Å². The molecule has 96 valence electrons. The van der Waals surface area contributed by atoms with Crippen molar-refractivity contribution in [2.45, 2.75) is 31.7 Å². The molecular weight excluding hydrogens is 274 g/mol. The first-order valence-corrected chi connectivity index (χ1v) is 6.87. The number of hydrogen-bond acceptors (Lipinski definition) is 1. The fraction of sp³-hybridized carbons (Fsp3) is 0.462. The van der Waals surface area contributed by atoms with Gasteiger partial charge in [-0.3, -0.25) is 0 Å². The topological polar surface area (TPSA) is 17.8 Å². The quantitative estimate of drug-likeness (QED) is 0.758. The first-order chi connectivity index (χ1) is 8.56. The van der Waals surface area contributed by atoms with Crippen LogP contribution >= 0.6 is 23.2 Å². The Balaban J connectivity index is 2.19. The third-order valence-corrected chi connectivity index (χ3v) is 3.80. The lowest BCUT2D eigenvalue weighted by molar-refractivity contribution is 0.604. The van der Waals surface area contributed by atoms with Gasteiger partial charge in [0.05, 0.1) is 21.4 Å². The van der Waals surface area contributed by atoms with Crippen molar-refractivity contribution in [1.29, 1.82) is 0 Å². The Morgan fingerprint density at radius 3 is 2.83 bits per heavy atom. The van der Waals surface area contributed by atoms with Crippen LogP contribution in [0.3, 0.4) is 0 Å². The molecule has 1 fully saturated rings. The molecule has 1 saturated carbocycles. The van der Waals surface area contributed by atoms with Crippen LogP contribution < -0.4 is 0 Å². The molecular formula is C13H13Cl2FN2. The molecule has 5 heteroatoms. The van der Waals surface area contributed by atoms with Gasteiger partial charge in [-0.15, -0.1) is 11.6 Å². The molecule has 0 radical (unpaired) electrons. The zero-order valence-corrected chi connectivity index (χ0v) is 11.5. The number of nitrogens with zero attached hydrogens (tertiary/aromatic N) is 2. The number of halogens is 3. The molecule has 2 aromatic rings. The van der Waals surface area contributed by atoms with Crippen LogP contribution in [0.4, 0.5) is 4.39 Å². The van der Waals surface area contributed by atoms with E-state index in [0.29, 0.717) is 11.4 Å². The largest absolute Gasteiger partial charge is 0.326 e. The van der Waals surface area contributed by atoms with Crippen LogP contribution in [-0.2, 0) is 6.54 Å². The molecule has 1 heterocycles. The van der Waals surface area contributed by atoms with E-state index in [1.807, 2.05) is 11.5 Å². The second kappa shape index (κ2) is 4.39. The summed E-state index contributed by atoms with van der Waals surface area (Å²) in [6.45, 7) is 2.74. The third kappa shape index (κ3) is 2.10. The van der Waals surface area contributed by atoms with Gasteiger partial charge in [-0.2, -0.15) is 0 Å². The molecule has 0 aliphatic heterocycles. The van der Waals surface area contributed by atoms with Crippen molar-refractivity contribution in [3.63, 3.8) is 0 Å². The van der Waals surface area contributed by atoms with E-state index in [-0.39, 0.29) is 10.4 Å². The summed E-state index contributed by atoms with van der Waals surface area (Å²) in [7, 11) is 0. The van der Waals surface area contributed by atoms with Gasteiger partial charge in [0.2, 0.25) is 0 Å². The fourth-order valence-electron chi connectivity index (χ4n) is 2.19. The molecule has 18 heavy (non-hydrogen) atoms. The Morgan fingerprint density at radius 1 is 1.50 bits per heavy atom. The van der Waals surface area contributed by atoms with Gasteiger partial charge in [0.15, 0.2) is 0 Å². The molecule has 1 aromatic heterocycles. The van der Waals surface area contributed by atoms with Crippen LogP contribution in [0.1, 0.15) is 31.0 Å². The molecule has 1 aliphatic rings. The lowest BCUT2D eigenvalue weighted by Crippen LogP contribution is -2.06. The molecule has 1 unspecified atom stereocenters. The van der Waals surface area contributed by atoms with Crippen molar-refractivity contribution in [2.24, 2.45) is 5.92 Å². The smallest absolute Gasteiger partial charge is 0.144 e. The molecule has 0 N–H and O–H groups in total. The minimum Gasteiger partial charge on any atom is -0.326 e. The van der Waals surface area contributed by atoms with Gasteiger partial charge in [0.25, 0.3) is 0 Å². The molecule has 0 amide bonds. The maximum absolute atomic E-state index is 13.6. The predicted octanol–water partition coefficient (Wildman–Crippen LogP) is 4.54. The number of alkyl halides is 1. The van der Waals surface area contributed by atoms with Gasteiger partial charge in [-0.05, 0) is 31.7 Å². The van der Waals surface area contributed by atoms with Gasteiger partial charge in [0, 0.05) is 12.6 Å². The van der Waals surface area contributed by atoms with Crippen LogP contribution in [0.5, 0.6) is 0 Å².